The Morgan fingerprint density at radius 3 is 2.05 bits per heavy atom. The van der Waals surface area contributed by atoms with Gasteiger partial charge in [0.1, 0.15) is 23.7 Å². The number of halogens is 3. The number of alkyl halides is 3. The van der Waals surface area contributed by atoms with Crippen LogP contribution in [0.4, 0.5) is 24.5 Å². The largest absolute Gasteiger partial charge is 0.573 e. The first-order valence-corrected chi connectivity index (χ1v) is 11.6. The van der Waals surface area contributed by atoms with E-state index in [0.717, 1.165) is 45.2 Å². The van der Waals surface area contributed by atoms with E-state index in [0.29, 0.717) is 11.3 Å². The van der Waals surface area contributed by atoms with Crippen LogP contribution in [0, 0.1) is 19.3 Å². The summed E-state index contributed by atoms with van der Waals surface area (Å²) < 4.78 is 45.1. The second-order valence-electron chi connectivity index (χ2n) is 7.88. The quantitative estimate of drug-likeness (QED) is 0.174. The predicted octanol–water partition coefficient (Wildman–Crippen LogP) is 6.72. The molecule has 0 fully saturated rings. The molecule has 0 radical (unpaired) electrons. The number of hydrogen-bond donors (Lipinski definition) is 3. The highest BCUT2D eigenvalue weighted by atomic mass is 32.1. The van der Waals surface area contributed by atoms with Gasteiger partial charge in [0.25, 0.3) is 0 Å². The number of aliphatic imine (C=N–C) groups is 2. The van der Waals surface area contributed by atoms with Crippen molar-refractivity contribution in [2.24, 2.45) is 15.7 Å². The van der Waals surface area contributed by atoms with Gasteiger partial charge < -0.3 is 25.9 Å². The zero-order chi connectivity index (χ0) is 28.3. The summed E-state index contributed by atoms with van der Waals surface area (Å²) in [6.45, 7) is 5.95. The molecule has 0 amide bonds. The van der Waals surface area contributed by atoms with E-state index in [1.807, 2.05) is 32.9 Å². The Bertz CT molecular complexity index is 1280. The van der Waals surface area contributed by atoms with Crippen molar-refractivity contribution in [2.75, 3.05) is 12.4 Å². The summed E-state index contributed by atoms with van der Waals surface area (Å²) in [6.07, 6.45) is -2.30. The van der Waals surface area contributed by atoms with Gasteiger partial charge in [-0.15, -0.1) is 13.2 Å². The van der Waals surface area contributed by atoms with Crippen LogP contribution in [0.1, 0.15) is 29.2 Å². The highest BCUT2D eigenvalue weighted by molar-refractivity contribution is 7.80. The summed E-state index contributed by atoms with van der Waals surface area (Å²) in [6, 6.07) is 15.9. The van der Waals surface area contributed by atoms with Gasteiger partial charge in [-0.25, -0.2) is 9.98 Å². The fourth-order valence-electron chi connectivity index (χ4n) is 3.13. The van der Waals surface area contributed by atoms with Crippen LogP contribution in [0.3, 0.4) is 0 Å². The van der Waals surface area contributed by atoms with Crippen LogP contribution >= 0.6 is 12.2 Å². The van der Waals surface area contributed by atoms with Crippen molar-refractivity contribution in [1.82, 2.24) is 0 Å². The molecular formula is C27H28F3N5O2S. The van der Waals surface area contributed by atoms with Crippen molar-refractivity contribution in [3.05, 3.63) is 82.9 Å². The third kappa shape index (κ3) is 10.0. The molecular weight excluding hydrogens is 515 g/mol. The van der Waals surface area contributed by atoms with Gasteiger partial charge in [-0.05, 0) is 73.9 Å². The molecule has 3 aromatic carbocycles. The standard InChI is InChI=1S/C16H13F3N4O.C11H15NOS/c17-16(18,19)24-14-7-5-13(6-8-14)22-10-23-15(21)12-3-1-11(9-20)2-4-12;1-7-5-10(13-4)6-8(2)11(7)12-9(3)14/h1-10,20H,(H2,21,22,23);5-6H,1-4H3,(H,12,14). The van der Waals surface area contributed by atoms with Gasteiger partial charge in [-0.3, -0.25) is 0 Å². The van der Waals surface area contributed by atoms with Crippen molar-refractivity contribution in [3.8, 4) is 11.5 Å². The molecule has 0 atom stereocenters. The third-order valence-corrected chi connectivity index (χ3v) is 4.99. The Morgan fingerprint density at radius 2 is 1.58 bits per heavy atom. The number of nitrogens with one attached hydrogen (secondary N) is 2. The number of nitrogens with zero attached hydrogens (tertiary/aromatic N) is 2. The van der Waals surface area contributed by atoms with Crippen LogP contribution < -0.4 is 20.5 Å². The molecule has 11 heteroatoms. The minimum absolute atomic E-state index is 0.229. The zero-order valence-corrected chi connectivity index (χ0v) is 22.1. The molecule has 0 aliphatic heterocycles. The smallest absolute Gasteiger partial charge is 0.497 e. The van der Waals surface area contributed by atoms with Gasteiger partial charge in [-0.1, -0.05) is 36.5 Å². The Labute approximate surface area is 224 Å². The molecule has 4 N–H and O–H groups in total. The molecule has 0 unspecified atom stereocenters. The maximum absolute atomic E-state index is 12.0. The first-order chi connectivity index (χ1) is 17.9. The number of anilines is 1. The molecule has 0 saturated heterocycles. The number of amidine groups is 1. The van der Waals surface area contributed by atoms with Crippen LogP contribution in [-0.4, -0.2) is 36.8 Å². The number of benzene rings is 3. The van der Waals surface area contributed by atoms with E-state index in [2.05, 4.69) is 20.0 Å². The molecule has 3 aromatic rings. The molecule has 0 aliphatic rings. The predicted molar refractivity (Wildman–Crippen MR) is 151 cm³/mol. The Balaban J connectivity index is 0.000000308. The minimum Gasteiger partial charge on any atom is -0.497 e. The number of thiocarbonyl (C=S) groups is 1. The molecule has 3 rings (SSSR count). The molecule has 7 nitrogen and oxygen atoms in total. The summed E-state index contributed by atoms with van der Waals surface area (Å²) in [4.78, 5) is 8.72. The number of aryl methyl sites for hydroxylation is 2. The van der Waals surface area contributed by atoms with E-state index < -0.39 is 6.36 Å². The summed E-state index contributed by atoms with van der Waals surface area (Å²) >= 11 is 5.02. The van der Waals surface area contributed by atoms with E-state index >= 15 is 0 Å². The fourth-order valence-corrected chi connectivity index (χ4v) is 3.23. The number of nitrogens with two attached hydrogens (primary N) is 1. The van der Waals surface area contributed by atoms with Crippen molar-refractivity contribution in [1.29, 1.82) is 5.41 Å². The van der Waals surface area contributed by atoms with Crippen LogP contribution in [0.15, 0.2) is 70.6 Å². The van der Waals surface area contributed by atoms with Crippen LogP contribution in [0.5, 0.6) is 11.5 Å². The van der Waals surface area contributed by atoms with E-state index in [1.165, 1.54) is 24.7 Å². The summed E-state index contributed by atoms with van der Waals surface area (Å²) in [5.41, 5.74) is 11.0. The first kappa shape index (κ1) is 30.0. The Kier molecular flexibility index (Phi) is 11.0. The van der Waals surface area contributed by atoms with Gasteiger partial charge >= 0.3 is 6.36 Å². The maximum Gasteiger partial charge on any atom is 0.573 e. The van der Waals surface area contributed by atoms with Gasteiger partial charge in [-0.2, -0.15) is 0 Å². The minimum atomic E-state index is -4.73. The van der Waals surface area contributed by atoms with E-state index in [-0.39, 0.29) is 11.6 Å². The summed E-state index contributed by atoms with van der Waals surface area (Å²) in [7, 11) is 1.67. The highest BCUT2D eigenvalue weighted by Gasteiger charge is 2.30. The van der Waals surface area contributed by atoms with Crippen LogP contribution in [0.2, 0.25) is 0 Å². The Morgan fingerprint density at radius 1 is 1.00 bits per heavy atom. The molecule has 200 valence electrons. The SMILES string of the molecule is COc1cc(C)c(NC(C)=S)c(C)c1.N=Cc1ccc(C(N)=NC=Nc2ccc(OC(F)(F)F)cc2)cc1. The van der Waals surface area contributed by atoms with Crippen molar-refractivity contribution < 1.29 is 22.6 Å². The summed E-state index contributed by atoms with van der Waals surface area (Å²) in [5, 5.41) is 10.3. The number of hydrogen-bond acceptors (Lipinski definition) is 5. The van der Waals surface area contributed by atoms with Crippen LogP contribution in [0.25, 0.3) is 0 Å². The van der Waals surface area contributed by atoms with Crippen molar-refractivity contribution >= 4 is 47.0 Å². The van der Waals surface area contributed by atoms with E-state index in [1.54, 1.807) is 31.4 Å². The van der Waals surface area contributed by atoms with Crippen molar-refractivity contribution in [2.45, 2.75) is 27.1 Å². The molecule has 0 spiro atoms. The first-order valence-electron chi connectivity index (χ1n) is 11.2. The number of rotatable bonds is 7. The normalized spacial score (nSPS) is 11.4. The molecule has 0 heterocycles. The number of ether oxygens (including phenoxy) is 2. The van der Waals surface area contributed by atoms with E-state index in [4.69, 9.17) is 28.1 Å². The Hall–Kier alpha value is -4.25. The van der Waals surface area contributed by atoms with Crippen molar-refractivity contribution in [3.63, 3.8) is 0 Å². The monoisotopic (exact) mass is 543 g/mol. The maximum atomic E-state index is 12.0. The second-order valence-corrected chi connectivity index (χ2v) is 8.50. The summed E-state index contributed by atoms with van der Waals surface area (Å²) in [5.74, 6) is 0.788. The zero-order valence-electron chi connectivity index (χ0n) is 21.3. The van der Waals surface area contributed by atoms with Crippen LogP contribution in [-0.2, 0) is 0 Å². The highest BCUT2D eigenvalue weighted by Crippen LogP contribution is 2.26. The average Bonchev–Trinajstić information content (AvgIpc) is 2.86. The lowest BCUT2D eigenvalue weighted by Gasteiger charge is -2.13. The average molecular weight is 544 g/mol. The topological polar surface area (TPSA) is 105 Å². The van der Waals surface area contributed by atoms with Gasteiger partial charge in [0, 0.05) is 17.5 Å². The van der Waals surface area contributed by atoms with Gasteiger partial charge in [0.05, 0.1) is 17.8 Å². The molecule has 38 heavy (non-hydrogen) atoms. The third-order valence-electron chi connectivity index (χ3n) is 4.89. The number of methoxy groups -OCH3 is 1. The molecule has 0 bridgehead atoms. The van der Waals surface area contributed by atoms with Gasteiger partial charge in [0.2, 0.25) is 0 Å². The lowest BCUT2D eigenvalue weighted by atomic mass is 10.1. The van der Waals surface area contributed by atoms with E-state index in [9.17, 15) is 13.2 Å². The lowest BCUT2D eigenvalue weighted by molar-refractivity contribution is -0.274. The van der Waals surface area contributed by atoms with Gasteiger partial charge in [0.15, 0.2) is 0 Å². The fraction of sp³-hybridized carbons (Fsp3) is 0.185. The second kappa shape index (κ2) is 13.9. The molecule has 0 aliphatic carbocycles. The molecule has 0 saturated carbocycles. The lowest BCUT2D eigenvalue weighted by Crippen LogP contribution is -2.16. The molecule has 0 aromatic heterocycles.